The summed E-state index contributed by atoms with van der Waals surface area (Å²) in [5.41, 5.74) is 6.86. The molecule has 3 aromatic rings. The maximum absolute atomic E-state index is 9.00. The van der Waals surface area contributed by atoms with Gasteiger partial charge in [0.1, 0.15) is 5.75 Å². The summed E-state index contributed by atoms with van der Waals surface area (Å²) in [5.74, 6) is -0.0640. The zero-order chi connectivity index (χ0) is 24.9. The van der Waals surface area contributed by atoms with Crippen molar-refractivity contribution in [2.24, 2.45) is 4.99 Å². The Balaban J connectivity index is 0.000000672. The Kier molecular flexibility index (Phi) is 7.44. The van der Waals surface area contributed by atoms with Crippen LogP contribution >= 0.6 is 23.2 Å². The molecule has 8 heteroatoms. The van der Waals surface area contributed by atoms with E-state index in [-0.39, 0.29) is 0 Å². The minimum atomic E-state index is -0.833. The van der Waals surface area contributed by atoms with Crippen LogP contribution < -0.4 is 15.0 Å². The molecule has 0 aromatic heterocycles. The lowest BCUT2D eigenvalue weighted by Gasteiger charge is -2.34. The van der Waals surface area contributed by atoms with E-state index in [0.29, 0.717) is 10.0 Å². The number of benzene rings is 3. The van der Waals surface area contributed by atoms with Crippen molar-refractivity contribution >= 4 is 57.6 Å². The molecule has 0 fully saturated rings. The number of methoxy groups -OCH3 is 1. The van der Waals surface area contributed by atoms with Crippen LogP contribution in [0.5, 0.6) is 5.75 Å². The van der Waals surface area contributed by atoms with Gasteiger partial charge in [0.2, 0.25) is 0 Å². The summed E-state index contributed by atoms with van der Waals surface area (Å²) in [5, 5.41) is 12.3. The Morgan fingerprint density at radius 1 is 1.03 bits per heavy atom. The monoisotopic (exact) mass is 507 g/mol. The third kappa shape index (κ3) is 5.85. The molecule has 5 rings (SSSR count). The number of carboxylic acid groups (broad SMARTS) is 1. The molecule has 1 heterocycles. The molecule has 0 unspecified atom stereocenters. The topological polar surface area (TPSA) is 74.2 Å². The van der Waals surface area contributed by atoms with E-state index in [1.165, 1.54) is 0 Å². The molecule has 2 N–H and O–H groups in total. The van der Waals surface area contributed by atoms with Crippen molar-refractivity contribution in [3.05, 3.63) is 100 Å². The Hall–Kier alpha value is -3.74. The molecule has 178 valence electrons. The molecule has 0 bridgehead atoms. The van der Waals surface area contributed by atoms with E-state index in [1.807, 2.05) is 66.7 Å². The van der Waals surface area contributed by atoms with Crippen molar-refractivity contribution in [2.45, 2.75) is 13.3 Å². The SMILES string of the molecule is CC(=O)O.COc1ccc2c(c1)N=C1C=C(Nc3ccc(Cl)cc3)CC=C1N2c1ccc(Cl)cc1. The van der Waals surface area contributed by atoms with Gasteiger partial charge in [-0.25, -0.2) is 4.99 Å². The predicted octanol–water partition coefficient (Wildman–Crippen LogP) is 7.60. The zero-order valence-electron chi connectivity index (χ0n) is 19.1. The molecule has 0 saturated carbocycles. The Labute approximate surface area is 213 Å². The number of hydrogen-bond acceptors (Lipinski definition) is 5. The maximum atomic E-state index is 9.00. The van der Waals surface area contributed by atoms with E-state index < -0.39 is 5.97 Å². The van der Waals surface area contributed by atoms with E-state index in [2.05, 4.69) is 22.4 Å². The number of anilines is 3. The number of nitrogens with one attached hydrogen (secondary N) is 1. The molecule has 2 aliphatic rings. The summed E-state index contributed by atoms with van der Waals surface area (Å²) in [7, 11) is 1.66. The van der Waals surface area contributed by atoms with E-state index in [0.717, 1.165) is 58.9 Å². The van der Waals surface area contributed by atoms with Crippen LogP contribution in [0.15, 0.2) is 95.3 Å². The lowest BCUT2D eigenvalue weighted by atomic mass is 10.0. The first-order valence-corrected chi connectivity index (χ1v) is 11.6. The second-order valence-corrected chi connectivity index (χ2v) is 8.65. The van der Waals surface area contributed by atoms with E-state index >= 15 is 0 Å². The molecule has 35 heavy (non-hydrogen) atoms. The quantitative estimate of drug-likeness (QED) is 0.380. The fraction of sp³-hybridized carbons (Fsp3) is 0.111. The van der Waals surface area contributed by atoms with Crippen LogP contribution in [-0.2, 0) is 4.79 Å². The van der Waals surface area contributed by atoms with Crippen LogP contribution in [0.3, 0.4) is 0 Å². The summed E-state index contributed by atoms with van der Waals surface area (Å²) >= 11 is 12.1. The first-order chi connectivity index (χ1) is 16.8. The summed E-state index contributed by atoms with van der Waals surface area (Å²) < 4.78 is 5.42. The summed E-state index contributed by atoms with van der Waals surface area (Å²) in [6.07, 6.45) is 5.04. The number of hydrogen-bond donors (Lipinski definition) is 2. The highest BCUT2D eigenvalue weighted by Crippen LogP contribution is 2.44. The number of nitrogens with zero attached hydrogens (tertiary/aromatic N) is 2. The third-order valence-electron chi connectivity index (χ3n) is 5.23. The van der Waals surface area contributed by atoms with Gasteiger partial charge < -0.3 is 20.1 Å². The second-order valence-electron chi connectivity index (χ2n) is 7.78. The van der Waals surface area contributed by atoms with Crippen molar-refractivity contribution < 1.29 is 14.6 Å². The standard InChI is InChI=1S/C25H19Cl2N3O.C2H4O2/c1-31-21-11-13-25-23(15-21)29-22-14-19(28-18-6-2-16(26)3-7-18)8-12-24(22)30(25)20-9-4-17(27)5-10-20;1-2(3)4/h2-7,9-15,28H,8H2,1H3;1H3,(H,3,4). The molecule has 1 aliphatic carbocycles. The largest absolute Gasteiger partial charge is 0.497 e. The van der Waals surface area contributed by atoms with Gasteiger partial charge in [0.15, 0.2) is 0 Å². The Morgan fingerprint density at radius 2 is 1.66 bits per heavy atom. The molecular weight excluding hydrogens is 485 g/mol. The maximum Gasteiger partial charge on any atom is 0.300 e. The number of ether oxygens (including phenoxy) is 1. The van der Waals surface area contributed by atoms with Crippen LogP contribution in [0.1, 0.15) is 13.3 Å². The van der Waals surface area contributed by atoms with Crippen LogP contribution in [-0.4, -0.2) is 23.9 Å². The molecule has 6 nitrogen and oxygen atoms in total. The van der Waals surface area contributed by atoms with Gasteiger partial charge in [0.05, 0.1) is 29.9 Å². The van der Waals surface area contributed by atoms with Crippen LogP contribution in [0.25, 0.3) is 0 Å². The first-order valence-electron chi connectivity index (χ1n) is 10.8. The van der Waals surface area contributed by atoms with Crippen molar-refractivity contribution in [3.8, 4) is 5.75 Å². The van der Waals surface area contributed by atoms with E-state index in [9.17, 15) is 0 Å². The normalized spacial score (nSPS) is 13.7. The summed E-state index contributed by atoms with van der Waals surface area (Å²) in [6.45, 7) is 1.08. The lowest BCUT2D eigenvalue weighted by Crippen LogP contribution is -2.27. The first kappa shape index (κ1) is 24.4. The molecule has 0 spiro atoms. The fourth-order valence-electron chi connectivity index (χ4n) is 3.75. The van der Waals surface area contributed by atoms with Gasteiger partial charge in [-0.15, -0.1) is 0 Å². The number of halogens is 2. The van der Waals surface area contributed by atoms with Crippen molar-refractivity contribution in [1.29, 1.82) is 0 Å². The average Bonchev–Trinajstić information content (AvgIpc) is 2.84. The number of rotatable bonds is 4. The van der Waals surface area contributed by atoms with Gasteiger partial charge >= 0.3 is 0 Å². The molecule has 1 aliphatic heterocycles. The zero-order valence-corrected chi connectivity index (χ0v) is 20.6. The smallest absolute Gasteiger partial charge is 0.300 e. The van der Waals surface area contributed by atoms with Gasteiger partial charge in [0, 0.05) is 46.5 Å². The van der Waals surface area contributed by atoms with Gasteiger partial charge in [0.25, 0.3) is 5.97 Å². The summed E-state index contributed by atoms with van der Waals surface area (Å²) in [6, 6.07) is 21.5. The third-order valence-corrected chi connectivity index (χ3v) is 5.73. The molecule has 3 aromatic carbocycles. The van der Waals surface area contributed by atoms with Crippen molar-refractivity contribution in [2.75, 3.05) is 17.3 Å². The minimum absolute atomic E-state index is 0.705. The van der Waals surface area contributed by atoms with E-state index in [4.69, 9.17) is 42.8 Å². The fourth-order valence-corrected chi connectivity index (χ4v) is 4.00. The Bertz CT molecular complexity index is 1330. The highest BCUT2D eigenvalue weighted by molar-refractivity contribution is 6.31. The number of carbonyl (C=O) groups is 1. The highest BCUT2D eigenvalue weighted by atomic mass is 35.5. The van der Waals surface area contributed by atoms with Crippen molar-refractivity contribution in [1.82, 2.24) is 0 Å². The summed E-state index contributed by atoms with van der Waals surface area (Å²) in [4.78, 5) is 16.1. The lowest BCUT2D eigenvalue weighted by molar-refractivity contribution is -0.134. The number of aliphatic carboxylic acids is 1. The predicted molar refractivity (Wildman–Crippen MR) is 143 cm³/mol. The van der Waals surface area contributed by atoms with Crippen LogP contribution in [0.2, 0.25) is 10.0 Å². The number of carboxylic acids is 1. The van der Waals surface area contributed by atoms with Crippen LogP contribution in [0.4, 0.5) is 22.7 Å². The molecule has 0 atom stereocenters. The molecule has 0 saturated heterocycles. The van der Waals surface area contributed by atoms with Gasteiger partial charge in [-0.2, -0.15) is 0 Å². The van der Waals surface area contributed by atoms with Gasteiger partial charge in [-0.3, -0.25) is 4.79 Å². The van der Waals surface area contributed by atoms with E-state index in [1.54, 1.807) is 7.11 Å². The number of allylic oxidation sites excluding steroid dienone is 2. The van der Waals surface area contributed by atoms with Gasteiger partial charge in [-0.05, 0) is 66.7 Å². The molecule has 0 amide bonds. The molecular formula is C27H23Cl2N3O3. The van der Waals surface area contributed by atoms with Gasteiger partial charge in [-0.1, -0.05) is 29.3 Å². The highest BCUT2D eigenvalue weighted by Gasteiger charge is 2.28. The average molecular weight is 508 g/mol. The Morgan fingerprint density at radius 3 is 2.29 bits per heavy atom. The second kappa shape index (κ2) is 10.7. The number of aliphatic imine (C=N–C) groups is 1. The van der Waals surface area contributed by atoms with Crippen LogP contribution in [0, 0.1) is 0 Å². The molecule has 0 radical (unpaired) electrons. The minimum Gasteiger partial charge on any atom is -0.497 e. The van der Waals surface area contributed by atoms with Crippen molar-refractivity contribution in [3.63, 3.8) is 0 Å². The number of fused-ring (bicyclic) bond motifs is 2.